The van der Waals surface area contributed by atoms with Gasteiger partial charge in [0.25, 0.3) is 0 Å². The van der Waals surface area contributed by atoms with Gasteiger partial charge in [-0.1, -0.05) is 11.6 Å². The monoisotopic (exact) mass is 319 g/mol. The normalized spacial score (nSPS) is 20.9. The molecule has 0 spiro atoms. The maximum atomic E-state index is 12.3. The third kappa shape index (κ3) is 3.58. The predicted octanol–water partition coefficient (Wildman–Crippen LogP) is 0.393. The number of likely N-dealkylation sites (tertiary alicyclic amines) is 1. The number of hydrazine groups is 1. The number of likely N-dealkylation sites (N-methyl/N-ethyl adjacent to an activating group) is 1. The van der Waals surface area contributed by atoms with Crippen LogP contribution in [0, 0.1) is 0 Å². The van der Waals surface area contributed by atoms with Crippen LogP contribution in [0.1, 0.15) is 12.8 Å². The van der Waals surface area contributed by atoms with E-state index >= 15 is 0 Å². The maximum absolute atomic E-state index is 12.3. The molecular weight excluding hydrogens is 302 g/mol. The summed E-state index contributed by atoms with van der Waals surface area (Å²) in [7, 11) is -1.65. The van der Waals surface area contributed by atoms with Gasteiger partial charge in [-0.3, -0.25) is 0 Å². The Morgan fingerprint density at radius 2 is 2.30 bits per heavy atom. The van der Waals surface area contributed by atoms with Crippen molar-refractivity contribution in [2.75, 3.05) is 25.6 Å². The summed E-state index contributed by atoms with van der Waals surface area (Å²) in [5.74, 6) is 5.45. The zero-order valence-electron chi connectivity index (χ0n) is 11.1. The first kappa shape index (κ1) is 15.5. The van der Waals surface area contributed by atoms with Crippen molar-refractivity contribution in [2.45, 2.75) is 23.8 Å². The molecule has 4 N–H and O–H groups in total. The minimum Gasteiger partial charge on any atom is -0.307 e. The van der Waals surface area contributed by atoms with Gasteiger partial charge in [0.2, 0.25) is 10.0 Å². The van der Waals surface area contributed by atoms with Crippen LogP contribution in [-0.2, 0) is 10.0 Å². The van der Waals surface area contributed by atoms with Gasteiger partial charge in [0, 0.05) is 18.8 Å². The van der Waals surface area contributed by atoms with E-state index < -0.39 is 10.0 Å². The molecule has 0 radical (unpaired) electrons. The second-order valence-electron chi connectivity index (χ2n) is 4.87. The van der Waals surface area contributed by atoms with Gasteiger partial charge in [0.15, 0.2) is 5.82 Å². The van der Waals surface area contributed by atoms with Crippen LogP contribution in [-0.4, -0.2) is 44.5 Å². The van der Waals surface area contributed by atoms with Gasteiger partial charge in [-0.2, -0.15) is 0 Å². The van der Waals surface area contributed by atoms with E-state index in [2.05, 4.69) is 20.0 Å². The number of rotatable bonds is 4. The molecule has 0 aliphatic carbocycles. The Balaban J connectivity index is 2.15. The number of halogens is 1. The smallest absolute Gasteiger partial charge is 0.242 e. The van der Waals surface area contributed by atoms with E-state index in [-0.39, 0.29) is 21.8 Å². The Bertz CT molecular complexity index is 580. The fourth-order valence-corrected chi connectivity index (χ4v) is 3.74. The van der Waals surface area contributed by atoms with Crippen molar-refractivity contribution in [3.63, 3.8) is 0 Å². The number of hydrogen-bond donors (Lipinski definition) is 3. The average Bonchev–Trinajstić information content (AvgIpc) is 2.38. The summed E-state index contributed by atoms with van der Waals surface area (Å²) in [6.07, 6.45) is 3.03. The summed E-state index contributed by atoms with van der Waals surface area (Å²) in [5.41, 5.74) is 2.30. The molecule has 0 bridgehead atoms. The number of aromatic nitrogens is 1. The molecule has 0 saturated carbocycles. The van der Waals surface area contributed by atoms with Crippen molar-refractivity contribution in [1.82, 2.24) is 14.6 Å². The third-order valence-electron chi connectivity index (χ3n) is 3.21. The molecule has 1 aliphatic rings. The average molecular weight is 320 g/mol. The van der Waals surface area contributed by atoms with E-state index in [1.807, 2.05) is 7.05 Å². The topological polar surface area (TPSA) is 100 Å². The fraction of sp³-hybridized carbons (Fsp3) is 0.545. The number of nitrogens with zero attached hydrogens (tertiary/aromatic N) is 2. The number of nitrogens with one attached hydrogen (secondary N) is 2. The highest BCUT2D eigenvalue weighted by Gasteiger charge is 2.24. The molecule has 20 heavy (non-hydrogen) atoms. The predicted molar refractivity (Wildman–Crippen MR) is 77.9 cm³/mol. The van der Waals surface area contributed by atoms with Crippen LogP contribution in [0.4, 0.5) is 5.82 Å². The number of hydrogen-bond acceptors (Lipinski definition) is 6. The van der Waals surface area contributed by atoms with Gasteiger partial charge in [-0.15, -0.1) is 0 Å². The van der Waals surface area contributed by atoms with Crippen molar-refractivity contribution in [3.8, 4) is 0 Å². The largest absolute Gasteiger partial charge is 0.307 e. The number of nitrogens with two attached hydrogens (primary N) is 1. The van der Waals surface area contributed by atoms with Gasteiger partial charge in [0.1, 0.15) is 4.90 Å². The van der Waals surface area contributed by atoms with Crippen LogP contribution >= 0.6 is 11.6 Å². The zero-order valence-corrected chi connectivity index (χ0v) is 12.7. The van der Waals surface area contributed by atoms with E-state index in [4.69, 9.17) is 17.4 Å². The van der Waals surface area contributed by atoms with Crippen LogP contribution in [0.3, 0.4) is 0 Å². The SMILES string of the molecule is CN1CCCC(NS(=O)(=O)c2cnc(NN)c(Cl)c2)C1. The van der Waals surface area contributed by atoms with E-state index in [0.717, 1.165) is 19.4 Å². The van der Waals surface area contributed by atoms with Gasteiger partial charge in [-0.25, -0.2) is 24.0 Å². The number of sulfonamides is 1. The molecule has 9 heteroatoms. The summed E-state index contributed by atoms with van der Waals surface area (Å²) in [5, 5.41) is 0.163. The fourth-order valence-electron chi connectivity index (χ4n) is 2.22. The van der Waals surface area contributed by atoms with E-state index in [0.29, 0.717) is 6.54 Å². The lowest BCUT2D eigenvalue weighted by Gasteiger charge is -2.29. The number of piperidine rings is 1. The second kappa shape index (κ2) is 6.23. The molecule has 112 valence electrons. The molecule has 1 saturated heterocycles. The number of pyridine rings is 1. The quantitative estimate of drug-likeness (QED) is 0.548. The Kier molecular flexibility index (Phi) is 4.82. The zero-order chi connectivity index (χ0) is 14.8. The van der Waals surface area contributed by atoms with Gasteiger partial charge in [-0.05, 0) is 32.5 Å². The molecule has 1 fully saturated rings. The van der Waals surface area contributed by atoms with Gasteiger partial charge >= 0.3 is 0 Å². The summed E-state index contributed by atoms with van der Waals surface area (Å²) in [6, 6.07) is 1.24. The summed E-state index contributed by atoms with van der Waals surface area (Å²) in [4.78, 5) is 6.01. The highest BCUT2D eigenvalue weighted by Crippen LogP contribution is 2.22. The van der Waals surface area contributed by atoms with Crippen LogP contribution in [0.5, 0.6) is 0 Å². The van der Waals surface area contributed by atoms with Crippen LogP contribution in [0.15, 0.2) is 17.2 Å². The van der Waals surface area contributed by atoms with E-state index in [1.54, 1.807) is 0 Å². The highest BCUT2D eigenvalue weighted by molar-refractivity contribution is 7.89. The molecular formula is C11H18ClN5O2S. The summed E-state index contributed by atoms with van der Waals surface area (Å²) < 4.78 is 27.2. The van der Waals surface area contributed by atoms with Crippen molar-refractivity contribution in [2.24, 2.45) is 5.84 Å². The Labute approximate surface area is 123 Å². The number of anilines is 1. The molecule has 1 unspecified atom stereocenters. The molecule has 7 nitrogen and oxygen atoms in total. The standard InChI is InChI=1S/C11H18ClN5O2S/c1-17-4-2-3-8(7-17)16-20(18,19)9-5-10(12)11(15-13)14-6-9/h5-6,8,16H,2-4,7,13H2,1H3,(H,14,15). The van der Waals surface area contributed by atoms with E-state index in [1.165, 1.54) is 12.3 Å². The van der Waals surface area contributed by atoms with Crippen molar-refractivity contribution >= 4 is 27.4 Å². The van der Waals surface area contributed by atoms with Crippen LogP contribution in [0.2, 0.25) is 5.02 Å². The lowest BCUT2D eigenvalue weighted by molar-refractivity contribution is 0.242. The molecule has 2 rings (SSSR count). The first-order chi connectivity index (χ1) is 9.42. The number of nitrogen functional groups attached to an aromatic ring is 1. The Hall–Kier alpha value is -0.930. The summed E-state index contributed by atoms with van der Waals surface area (Å²) in [6.45, 7) is 1.69. The highest BCUT2D eigenvalue weighted by atomic mass is 35.5. The van der Waals surface area contributed by atoms with Gasteiger partial charge < -0.3 is 10.3 Å². The molecule has 1 aromatic rings. The Morgan fingerprint density at radius 3 is 2.90 bits per heavy atom. The first-order valence-electron chi connectivity index (χ1n) is 6.25. The van der Waals surface area contributed by atoms with Crippen LogP contribution in [0.25, 0.3) is 0 Å². The minimum absolute atomic E-state index is 0.0368. The van der Waals surface area contributed by atoms with Crippen molar-refractivity contribution < 1.29 is 8.42 Å². The Morgan fingerprint density at radius 1 is 1.55 bits per heavy atom. The van der Waals surface area contributed by atoms with Crippen molar-refractivity contribution in [3.05, 3.63) is 17.3 Å². The molecule has 0 aromatic carbocycles. The molecule has 0 amide bonds. The maximum Gasteiger partial charge on any atom is 0.242 e. The lowest BCUT2D eigenvalue weighted by Crippen LogP contribution is -2.46. The van der Waals surface area contributed by atoms with E-state index in [9.17, 15) is 8.42 Å². The molecule has 1 aliphatic heterocycles. The molecule has 1 atom stereocenters. The minimum atomic E-state index is -3.62. The van der Waals surface area contributed by atoms with Gasteiger partial charge in [0.05, 0.1) is 5.02 Å². The second-order valence-corrected chi connectivity index (χ2v) is 6.99. The summed E-state index contributed by atoms with van der Waals surface area (Å²) >= 11 is 5.90. The first-order valence-corrected chi connectivity index (χ1v) is 8.11. The third-order valence-corrected chi connectivity index (χ3v) is 4.99. The van der Waals surface area contributed by atoms with Crippen LogP contribution < -0.4 is 16.0 Å². The molecule has 1 aromatic heterocycles. The lowest BCUT2D eigenvalue weighted by atomic mass is 10.1. The molecule has 2 heterocycles. The van der Waals surface area contributed by atoms with Crippen molar-refractivity contribution in [1.29, 1.82) is 0 Å².